The SMILES string of the molecule is CC1CCN(S(=O)(=O)NCc2ccccc2N2CCOCC2)CC1. The van der Waals surface area contributed by atoms with Crippen LogP contribution in [0.4, 0.5) is 5.69 Å². The second kappa shape index (κ2) is 7.82. The van der Waals surface area contributed by atoms with Crippen molar-refractivity contribution in [2.75, 3.05) is 44.3 Å². The minimum atomic E-state index is -3.41. The Morgan fingerprint density at radius 3 is 2.50 bits per heavy atom. The quantitative estimate of drug-likeness (QED) is 0.873. The number of hydrogen-bond acceptors (Lipinski definition) is 4. The largest absolute Gasteiger partial charge is 0.378 e. The molecule has 6 nitrogen and oxygen atoms in total. The number of nitrogens with zero attached hydrogens (tertiary/aromatic N) is 2. The number of benzene rings is 1. The van der Waals surface area contributed by atoms with Crippen molar-refractivity contribution in [3.05, 3.63) is 29.8 Å². The zero-order valence-corrected chi connectivity index (χ0v) is 15.1. The number of nitrogens with one attached hydrogen (secondary N) is 1. The van der Waals surface area contributed by atoms with E-state index in [0.717, 1.165) is 37.2 Å². The molecule has 3 rings (SSSR count). The van der Waals surface area contributed by atoms with E-state index in [-0.39, 0.29) is 0 Å². The number of anilines is 1. The second-order valence-electron chi connectivity index (χ2n) is 6.64. The predicted octanol–water partition coefficient (Wildman–Crippen LogP) is 1.59. The molecule has 2 heterocycles. The molecule has 1 N–H and O–H groups in total. The van der Waals surface area contributed by atoms with Crippen LogP contribution in [-0.2, 0) is 21.5 Å². The third-order valence-electron chi connectivity index (χ3n) is 4.87. The molecule has 134 valence electrons. The number of morpholine rings is 1. The number of hydrogen-bond donors (Lipinski definition) is 1. The highest BCUT2D eigenvalue weighted by molar-refractivity contribution is 7.87. The number of rotatable bonds is 5. The molecule has 2 saturated heterocycles. The summed E-state index contributed by atoms with van der Waals surface area (Å²) in [7, 11) is -3.41. The summed E-state index contributed by atoms with van der Waals surface area (Å²) in [6.07, 6.45) is 1.87. The van der Waals surface area contributed by atoms with Crippen molar-refractivity contribution in [2.24, 2.45) is 5.92 Å². The highest BCUT2D eigenvalue weighted by atomic mass is 32.2. The third kappa shape index (κ3) is 4.27. The Bertz CT molecular complexity index is 636. The molecule has 0 spiro atoms. The normalized spacial score (nSPS) is 21.1. The van der Waals surface area contributed by atoms with Gasteiger partial charge in [-0.25, -0.2) is 0 Å². The van der Waals surface area contributed by atoms with E-state index in [1.54, 1.807) is 4.31 Å². The first-order chi connectivity index (χ1) is 11.6. The lowest BCUT2D eigenvalue weighted by Gasteiger charge is -2.31. The fraction of sp³-hybridized carbons (Fsp3) is 0.647. The molecule has 0 radical (unpaired) electrons. The van der Waals surface area contributed by atoms with Crippen LogP contribution in [0.1, 0.15) is 25.3 Å². The highest BCUT2D eigenvalue weighted by Gasteiger charge is 2.26. The lowest BCUT2D eigenvalue weighted by Crippen LogP contribution is -2.44. The fourth-order valence-electron chi connectivity index (χ4n) is 3.26. The van der Waals surface area contributed by atoms with Crippen LogP contribution in [0, 0.1) is 5.92 Å². The number of para-hydroxylation sites is 1. The van der Waals surface area contributed by atoms with Crippen LogP contribution in [0.3, 0.4) is 0 Å². The van der Waals surface area contributed by atoms with E-state index in [1.165, 1.54) is 0 Å². The van der Waals surface area contributed by atoms with E-state index in [9.17, 15) is 8.42 Å². The van der Waals surface area contributed by atoms with Crippen LogP contribution in [-0.4, -0.2) is 52.1 Å². The summed E-state index contributed by atoms with van der Waals surface area (Å²) in [5.74, 6) is 0.610. The van der Waals surface area contributed by atoms with Crippen molar-refractivity contribution >= 4 is 15.9 Å². The Kier molecular flexibility index (Phi) is 5.76. The molecule has 1 aromatic rings. The summed E-state index contributed by atoms with van der Waals surface area (Å²) < 4.78 is 34.8. The molecule has 0 bridgehead atoms. The van der Waals surface area contributed by atoms with E-state index in [1.807, 2.05) is 18.2 Å². The standard InChI is InChI=1S/C17H27N3O3S/c1-15-6-8-20(9-7-15)24(21,22)18-14-16-4-2-3-5-17(16)19-10-12-23-13-11-19/h2-5,15,18H,6-14H2,1H3. The van der Waals surface area contributed by atoms with Gasteiger partial charge in [0, 0.05) is 38.4 Å². The molecular weight excluding hydrogens is 326 g/mol. The minimum Gasteiger partial charge on any atom is -0.378 e. The summed E-state index contributed by atoms with van der Waals surface area (Å²) >= 11 is 0. The molecular formula is C17H27N3O3S. The van der Waals surface area contributed by atoms with Crippen LogP contribution in [0.2, 0.25) is 0 Å². The van der Waals surface area contributed by atoms with Gasteiger partial charge in [0.25, 0.3) is 10.2 Å². The van der Waals surface area contributed by atoms with Crippen molar-refractivity contribution in [3.63, 3.8) is 0 Å². The molecule has 1 aromatic carbocycles. The van der Waals surface area contributed by atoms with E-state index in [4.69, 9.17) is 4.74 Å². The van der Waals surface area contributed by atoms with Crippen LogP contribution in [0.15, 0.2) is 24.3 Å². The average Bonchev–Trinajstić information content (AvgIpc) is 2.61. The Morgan fingerprint density at radius 2 is 1.79 bits per heavy atom. The summed E-state index contributed by atoms with van der Waals surface area (Å²) in [5, 5.41) is 0. The third-order valence-corrected chi connectivity index (χ3v) is 6.43. The van der Waals surface area contributed by atoms with Gasteiger partial charge in [0.1, 0.15) is 0 Å². The predicted molar refractivity (Wildman–Crippen MR) is 95.2 cm³/mol. The van der Waals surface area contributed by atoms with Crippen LogP contribution in [0.25, 0.3) is 0 Å². The summed E-state index contributed by atoms with van der Waals surface area (Å²) in [5.41, 5.74) is 2.10. The summed E-state index contributed by atoms with van der Waals surface area (Å²) in [4.78, 5) is 2.26. The van der Waals surface area contributed by atoms with E-state index in [0.29, 0.717) is 38.8 Å². The molecule has 2 aliphatic heterocycles. The first-order valence-corrected chi connectivity index (χ1v) is 10.2. The van der Waals surface area contributed by atoms with Gasteiger partial charge in [0.15, 0.2) is 0 Å². The van der Waals surface area contributed by atoms with E-state index >= 15 is 0 Å². The molecule has 2 fully saturated rings. The van der Waals surface area contributed by atoms with Crippen molar-refractivity contribution in [1.29, 1.82) is 0 Å². The van der Waals surface area contributed by atoms with Crippen molar-refractivity contribution in [2.45, 2.75) is 26.3 Å². The maximum Gasteiger partial charge on any atom is 0.279 e. The second-order valence-corrected chi connectivity index (χ2v) is 8.39. The molecule has 0 unspecified atom stereocenters. The van der Waals surface area contributed by atoms with Gasteiger partial charge >= 0.3 is 0 Å². The minimum absolute atomic E-state index is 0.321. The lowest BCUT2D eigenvalue weighted by atomic mass is 10.0. The molecule has 0 aromatic heterocycles. The molecule has 0 amide bonds. The fourth-order valence-corrected chi connectivity index (χ4v) is 4.47. The topological polar surface area (TPSA) is 61.9 Å². The molecule has 2 aliphatic rings. The Balaban J connectivity index is 1.66. The number of piperidine rings is 1. The van der Waals surface area contributed by atoms with Crippen LogP contribution in [0.5, 0.6) is 0 Å². The van der Waals surface area contributed by atoms with Crippen molar-refractivity contribution < 1.29 is 13.2 Å². The molecule has 24 heavy (non-hydrogen) atoms. The van der Waals surface area contributed by atoms with Gasteiger partial charge in [-0.1, -0.05) is 25.1 Å². The summed E-state index contributed by atoms with van der Waals surface area (Å²) in [6, 6.07) is 7.99. The van der Waals surface area contributed by atoms with E-state index in [2.05, 4.69) is 22.6 Å². The maximum atomic E-state index is 12.5. The van der Waals surface area contributed by atoms with Crippen molar-refractivity contribution in [3.8, 4) is 0 Å². The Hall–Kier alpha value is -1.15. The Morgan fingerprint density at radius 1 is 1.12 bits per heavy atom. The molecule has 0 saturated carbocycles. The molecule has 0 atom stereocenters. The smallest absolute Gasteiger partial charge is 0.279 e. The maximum absolute atomic E-state index is 12.5. The first-order valence-electron chi connectivity index (χ1n) is 8.71. The van der Waals surface area contributed by atoms with Gasteiger partial charge in [0.2, 0.25) is 0 Å². The first kappa shape index (κ1) is 17.7. The van der Waals surface area contributed by atoms with Gasteiger partial charge in [-0.2, -0.15) is 17.4 Å². The molecule has 0 aliphatic carbocycles. The zero-order chi connectivity index (χ0) is 17.0. The lowest BCUT2D eigenvalue weighted by molar-refractivity contribution is 0.122. The average molecular weight is 353 g/mol. The van der Waals surface area contributed by atoms with Gasteiger partial charge in [0.05, 0.1) is 13.2 Å². The summed E-state index contributed by atoms with van der Waals surface area (Å²) in [6.45, 7) is 6.83. The zero-order valence-electron chi connectivity index (χ0n) is 14.3. The highest BCUT2D eigenvalue weighted by Crippen LogP contribution is 2.22. The van der Waals surface area contributed by atoms with E-state index < -0.39 is 10.2 Å². The Labute approximate surface area is 145 Å². The molecule has 7 heteroatoms. The van der Waals surface area contributed by atoms with Gasteiger partial charge in [-0.3, -0.25) is 0 Å². The van der Waals surface area contributed by atoms with Crippen LogP contribution >= 0.6 is 0 Å². The monoisotopic (exact) mass is 353 g/mol. The van der Waals surface area contributed by atoms with Crippen molar-refractivity contribution in [1.82, 2.24) is 9.03 Å². The number of ether oxygens (including phenoxy) is 1. The van der Waals surface area contributed by atoms with Gasteiger partial charge in [-0.15, -0.1) is 0 Å². The van der Waals surface area contributed by atoms with Crippen LogP contribution < -0.4 is 9.62 Å². The van der Waals surface area contributed by atoms with Gasteiger partial charge < -0.3 is 9.64 Å². The van der Waals surface area contributed by atoms with Gasteiger partial charge in [-0.05, 0) is 30.4 Å².